The van der Waals surface area contributed by atoms with Crippen molar-refractivity contribution in [1.82, 2.24) is 10.2 Å². The fraction of sp³-hybridized carbons (Fsp3) is 0.389. The van der Waals surface area contributed by atoms with E-state index in [9.17, 15) is 14.4 Å². The Bertz CT molecular complexity index is 756. The predicted molar refractivity (Wildman–Crippen MR) is 98.0 cm³/mol. The van der Waals surface area contributed by atoms with Gasteiger partial charge >= 0.3 is 0 Å². The minimum atomic E-state index is -0.408. The molecule has 1 aromatic rings. The SMILES string of the molecule is CCOc1cc(/C=C2\SC(=O)NC2=O)ccc1OCC(=O)N1CCCC1. The average Bonchev–Trinajstić information content (AvgIpc) is 3.24. The molecule has 0 aliphatic carbocycles. The molecule has 2 heterocycles. The average molecular weight is 376 g/mol. The molecule has 2 saturated heterocycles. The molecule has 2 aliphatic heterocycles. The molecule has 1 aromatic carbocycles. The Morgan fingerprint density at radius 3 is 2.65 bits per heavy atom. The second-order valence-electron chi connectivity index (χ2n) is 5.87. The highest BCUT2D eigenvalue weighted by Crippen LogP contribution is 2.32. The van der Waals surface area contributed by atoms with Gasteiger partial charge in [0, 0.05) is 13.1 Å². The lowest BCUT2D eigenvalue weighted by atomic mass is 10.2. The van der Waals surface area contributed by atoms with Crippen LogP contribution in [0.2, 0.25) is 0 Å². The summed E-state index contributed by atoms with van der Waals surface area (Å²) in [6.07, 6.45) is 3.69. The first-order chi connectivity index (χ1) is 12.6. The first-order valence-electron chi connectivity index (χ1n) is 8.49. The maximum absolute atomic E-state index is 12.1. The number of ether oxygens (including phenoxy) is 2. The molecule has 3 amide bonds. The van der Waals surface area contributed by atoms with E-state index < -0.39 is 5.91 Å². The van der Waals surface area contributed by atoms with E-state index in [2.05, 4.69) is 5.32 Å². The second-order valence-corrected chi connectivity index (χ2v) is 6.88. The van der Waals surface area contributed by atoms with E-state index in [1.807, 2.05) is 6.92 Å². The van der Waals surface area contributed by atoms with Crippen molar-refractivity contribution in [3.63, 3.8) is 0 Å². The van der Waals surface area contributed by atoms with Crippen LogP contribution in [0.25, 0.3) is 6.08 Å². The van der Waals surface area contributed by atoms with Gasteiger partial charge in [0.1, 0.15) is 0 Å². The molecule has 26 heavy (non-hydrogen) atoms. The number of rotatable bonds is 6. The summed E-state index contributed by atoms with van der Waals surface area (Å²) in [7, 11) is 0. The molecule has 0 bridgehead atoms. The van der Waals surface area contributed by atoms with Crippen LogP contribution in [-0.2, 0) is 9.59 Å². The van der Waals surface area contributed by atoms with Gasteiger partial charge in [-0.15, -0.1) is 0 Å². The quantitative estimate of drug-likeness (QED) is 0.768. The van der Waals surface area contributed by atoms with Crippen molar-refractivity contribution in [3.8, 4) is 11.5 Å². The minimum Gasteiger partial charge on any atom is -0.490 e. The standard InChI is InChI=1S/C18H20N2O5S/c1-2-24-14-9-12(10-15-17(22)19-18(23)26-15)5-6-13(14)25-11-16(21)20-7-3-4-8-20/h5-6,9-10H,2-4,7-8,11H2,1H3,(H,19,22,23)/b15-10-. The Kier molecular flexibility index (Phi) is 5.82. The summed E-state index contributed by atoms with van der Waals surface area (Å²) >= 11 is 0.859. The summed E-state index contributed by atoms with van der Waals surface area (Å²) in [5.74, 6) is 0.523. The summed E-state index contributed by atoms with van der Waals surface area (Å²) < 4.78 is 11.2. The first kappa shape index (κ1) is 18.3. The van der Waals surface area contributed by atoms with E-state index in [-0.39, 0.29) is 17.8 Å². The number of likely N-dealkylation sites (tertiary alicyclic amines) is 1. The molecule has 0 saturated carbocycles. The van der Waals surface area contributed by atoms with Crippen LogP contribution in [0.15, 0.2) is 23.1 Å². The van der Waals surface area contributed by atoms with Gasteiger partial charge < -0.3 is 14.4 Å². The maximum atomic E-state index is 12.1. The van der Waals surface area contributed by atoms with E-state index >= 15 is 0 Å². The number of thioether (sulfide) groups is 1. The fourth-order valence-corrected chi connectivity index (χ4v) is 3.45. The van der Waals surface area contributed by atoms with Gasteiger partial charge in [0.15, 0.2) is 18.1 Å². The predicted octanol–water partition coefficient (Wildman–Crippen LogP) is 2.41. The Hall–Kier alpha value is -2.48. The normalized spacial score (nSPS) is 18.3. The van der Waals surface area contributed by atoms with E-state index in [0.29, 0.717) is 28.6 Å². The molecule has 0 aromatic heterocycles. The van der Waals surface area contributed by atoms with Crippen LogP contribution in [0.5, 0.6) is 11.5 Å². The number of amides is 3. The van der Waals surface area contributed by atoms with E-state index in [0.717, 1.165) is 37.7 Å². The molecule has 8 heteroatoms. The van der Waals surface area contributed by atoms with Crippen LogP contribution >= 0.6 is 11.8 Å². The molecule has 1 N–H and O–H groups in total. The Balaban J connectivity index is 1.72. The number of nitrogens with one attached hydrogen (secondary N) is 1. The molecule has 0 atom stereocenters. The van der Waals surface area contributed by atoms with Crippen molar-refractivity contribution in [1.29, 1.82) is 0 Å². The Labute approximate surface area is 155 Å². The molecular weight excluding hydrogens is 356 g/mol. The minimum absolute atomic E-state index is 0.0336. The van der Waals surface area contributed by atoms with Crippen molar-refractivity contribution >= 4 is 34.9 Å². The Morgan fingerprint density at radius 1 is 1.23 bits per heavy atom. The topological polar surface area (TPSA) is 84.9 Å². The number of benzene rings is 1. The number of hydrogen-bond acceptors (Lipinski definition) is 6. The van der Waals surface area contributed by atoms with Crippen LogP contribution in [-0.4, -0.2) is 48.3 Å². The first-order valence-corrected chi connectivity index (χ1v) is 9.30. The molecule has 0 spiro atoms. The van der Waals surface area contributed by atoms with E-state index in [1.54, 1.807) is 29.2 Å². The van der Waals surface area contributed by atoms with E-state index in [1.165, 1.54) is 0 Å². The van der Waals surface area contributed by atoms with Crippen LogP contribution in [0.4, 0.5) is 4.79 Å². The number of carbonyl (C=O) groups is 3. The fourth-order valence-electron chi connectivity index (χ4n) is 2.77. The summed E-state index contributed by atoms with van der Waals surface area (Å²) in [4.78, 5) is 37.1. The lowest BCUT2D eigenvalue weighted by molar-refractivity contribution is -0.132. The molecule has 0 unspecified atom stereocenters. The molecule has 3 rings (SSSR count). The van der Waals surface area contributed by atoms with Gasteiger partial charge in [-0.1, -0.05) is 6.07 Å². The van der Waals surface area contributed by atoms with Crippen LogP contribution in [0, 0.1) is 0 Å². The zero-order chi connectivity index (χ0) is 18.5. The third-order valence-electron chi connectivity index (χ3n) is 4.02. The summed E-state index contributed by atoms with van der Waals surface area (Å²) in [5.41, 5.74) is 0.707. The molecule has 2 aliphatic rings. The Morgan fingerprint density at radius 2 is 2.00 bits per heavy atom. The highest BCUT2D eigenvalue weighted by molar-refractivity contribution is 8.18. The van der Waals surface area contributed by atoms with Gasteiger partial charge in [0.2, 0.25) is 0 Å². The van der Waals surface area contributed by atoms with Gasteiger partial charge in [0.25, 0.3) is 17.1 Å². The molecule has 0 radical (unpaired) electrons. The van der Waals surface area contributed by atoms with Gasteiger partial charge in [0.05, 0.1) is 11.5 Å². The van der Waals surface area contributed by atoms with Gasteiger partial charge in [-0.2, -0.15) is 0 Å². The van der Waals surface area contributed by atoms with Gasteiger partial charge in [-0.3, -0.25) is 19.7 Å². The van der Waals surface area contributed by atoms with Crippen molar-refractivity contribution in [2.45, 2.75) is 19.8 Å². The van der Waals surface area contributed by atoms with Gasteiger partial charge in [-0.25, -0.2) is 0 Å². The van der Waals surface area contributed by atoms with E-state index in [4.69, 9.17) is 9.47 Å². The largest absolute Gasteiger partial charge is 0.490 e. The summed E-state index contributed by atoms with van der Waals surface area (Å²) in [6.45, 7) is 3.82. The van der Waals surface area contributed by atoms with Crippen LogP contribution < -0.4 is 14.8 Å². The monoisotopic (exact) mass is 376 g/mol. The smallest absolute Gasteiger partial charge is 0.290 e. The van der Waals surface area contributed by atoms with Crippen molar-refractivity contribution in [2.75, 3.05) is 26.3 Å². The third-order valence-corrected chi connectivity index (χ3v) is 4.83. The van der Waals surface area contributed by atoms with Crippen LogP contribution in [0.1, 0.15) is 25.3 Å². The second kappa shape index (κ2) is 8.27. The van der Waals surface area contributed by atoms with Crippen molar-refractivity contribution < 1.29 is 23.9 Å². The summed E-state index contributed by atoms with van der Waals surface area (Å²) in [5, 5.41) is 1.83. The maximum Gasteiger partial charge on any atom is 0.290 e. The summed E-state index contributed by atoms with van der Waals surface area (Å²) in [6, 6.07) is 5.18. The number of hydrogen-bond donors (Lipinski definition) is 1. The lowest BCUT2D eigenvalue weighted by Gasteiger charge is -2.17. The number of carbonyl (C=O) groups excluding carboxylic acids is 3. The molecular formula is C18H20N2O5S. The van der Waals surface area contributed by atoms with Crippen LogP contribution in [0.3, 0.4) is 0 Å². The number of nitrogens with zero attached hydrogens (tertiary/aromatic N) is 1. The molecule has 2 fully saturated rings. The zero-order valence-electron chi connectivity index (χ0n) is 14.4. The van der Waals surface area contributed by atoms with Crippen molar-refractivity contribution in [2.24, 2.45) is 0 Å². The molecule has 138 valence electrons. The number of imide groups is 1. The third kappa shape index (κ3) is 4.37. The van der Waals surface area contributed by atoms with Crippen molar-refractivity contribution in [3.05, 3.63) is 28.7 Å². The molecule has 7 nitrogen and oxygen atoms in total. The van der Waals surface area contributed by atoms with Gasteiger partial charge in [-0.05, 0) is 55.3 Å². The zero-order valence-corrected chi connectivity index (χ0v) is 15.3. The highest BCUT2D eigenvalue weighted by Gasteiger charge is 2.25. The lowest BCUT2D eigenvalue weighted by Crippen LogP contribution is -2.32. The highest BCUT2D eigenvalue weighted by atomic mass is 32.2.